The van der Waals surface area contributed by atoms with Crippen molar-refractivity contribution < 1.29 is 0 Å². The van der Waals surface area contributed by atoms with Crippen LogP contribution in [-0.2, 0) is 0 Å². The number of nitrogens with zero attached hydrogens (tertiary/aromatic N) is 1. The monoisotopic (exact) mass is 235 g/mol. The molecule has 0 radical (unpaired) electrons. The number of pyridine rings is 1. The van der Waals surface area contributed by atoms with Crippen molar-refractivity contribution >= 4 is 43.2 Å². The van der Waals surface area contributed by atoms with Crippen molar-refractivity contribution in [3.05, 3.63) is 53.9 Å². The third-order valence-electron chi connectivity index (χ3n) is 3.09. The molecule has 0 aliphatic rings. The summed E-state index contributed by atoms with van der Waals surface area (Å²) in [6.07, 6.45) is 0. The van der Waals surface area contributed by atoms with Gasteiger partial charge in [-0.3, -0.25) is 0 Å². The Bertz CT molecular complexity index is 776. The molecule has 0 saturated carbocycles. The molecular formula is C15H9NS. The number of hydrogen-bond acceptors (Lipinski definition) is 2. The maximum absolute atomic E-state index is 4.71. The summed E-state index contributed by atoms with van der Waals surface area (Å²) >= 11 is 1.77. The van der Waals surface area contributed by atoms with Crippen molar-refractivity contribution in [1.82, 2.24) is 4.98 Å². The van der Waals surface area contributed by atoms with Gasteiger partial charge in [-0.25, -0.2) is 4.98 Å². The zero-order valence-electron chi connectivity index (χ0n) is 9.05. The molecule has 0 aliphatic carbocycles. The van der Waals surface area contributed by atoms with Crippen molar-refractivity contribution in [2.45, 2.75) is 0 Å². The first-order valence-corrected chi connectivity index (χ1v) is 6.45. The molecule has 80 valence electrons. The molecule has 0 aliphatic heterocycles. The molecule has 4 rings (SSSR count). The van der Waals surface area contributed by atoms with Crippen molar-refractivity contribution in [2.75, 3.05) is 0 Å². The zero-order chi connectivity index (χ0) is 11.2. The average Bonchev–Trinajstić information content (AvgIpc) is 2.80. The molecule has 2 heterocycles. The number of aromatic nitrogens is 1. The molecule has 2 heteroatoms. The van der Waals surface area contributed by atoms with Gasteiger partial charge in [0.1, 0.15) is 0 Å². The van der Waals surface area contributed by atoms with Gasteiger partial charge in [-0.1, -0.05) is 18.2 Å². The molecule has 0 N–H and O–H groups in total. The van der Waals surface area contributed by atoms with E-state index in [1.165, 1.54) is 20.9 Å². The number of rotatable bonds is 0. The zero-order valence-corrected chi connectivity index (χ0v) is 9.87. The molecule has 0 atom stereocenters. The molecule has 0 bridgehead atoms. The number of hydrogen-bond donors (Lipinski definition) is 0. The van der Waals surface area contributed by atoms with E-state index >= 15 is 0 Å². The Morgan fingerprint density at radius 2 is 1.65 bits per heavy atom. The van der Waals surface area contributed by atoms with Gasteiger partial charge >= 0.3 is 0 Å². The molecule has 2 aromatic carbocycles. The molecule has 2 aromatic heterocycles. The van der Waals surface area contributed by atoms with E-state index in [-0.39, 0.29) is 0 Å². The smallest absolute Gasteiger partial charge is 0.0724 e. The second kappa shape index (κ2) is 3.28. The van der Waals surface area contributed by atoms with Crippen LogP contribution in [0.5, 0.6) is 0 Å². The average molecular weight is 235 g/mol. The topological polar surface area (TPSA) is 12.9 Å². The largest absolute Gasteiger partial charge is 0.248 e. The third-order valence-corrected chi connectivity index (χ3v) is 3.97. The first-order chi connectivity index (χ1) is 8.40. The summed E-state index contributed by atoms with van der Waals surface area (Å²) in [6.45, 7) is 0. The van der Waals surface area contributed by atoms with Crippen LogP contribution >= 0.6 is 11.3 Å². The minimum atomic E-state index is 1.07. The summed E-state index contributed by atoms with van der Waals surface area (Å²) < 4.78 is 1.31. The van der Waals surface area contributed by atoms with E-state index in [1.807, 2.05) is 6.07 Å². The van der Waals surface area contributed by atoms with E-state index in [0.29, 0.717) is 0 Å². The molecule has 0 fully saturated rings. The highest BCUT2D eigenvalue weighted by molar-refractivity contribution is 7.17. The lowest BCUT2D eigenvalue weighted by atomic mass is 10.1. The van der Waals surface area contributed by atoms with Gasteiger partial charge in [0.05, 0.1) is 11.0 Å². The van der Waals surface area contributed by atoms with Crippen LogP contribution in [0.1, 0.15) is 0 Å². The summed E-state index contributed by atoms with van der Waals surface area (Å²) in [5, 5.41) is 5.85. The van der Waals surface area contributed by atoms with Gasteiger partial charge in [-0.15, -0.1) is 11.3 Å². The summed E-state index contributed by atoms with van der Waals surface area (Å²) in [5.41, 5.74) is 2.15. The highest BCUT2D eigenvalue weighted by atomic mass is 32.1. The van der Waals surface area contributed by atoms with Crippen molar-refractivity contribution in [3.8, 4) is 0 Å². The van der Waals surface area contributed by atoms with Gasteiger partial charge in [0.15, 0.2) is 0 Å². The molecule has 0 unspecified atom stereocenters. The van der Waals surface area contributed by atoms with Gasteiger partial charge in [0.2, 0.25) is 0 Å². The maximum Gasteiger partial charge on any atom is 0.0724 e. The molecule has 1 nitrogen and oxygen atoms in total. The van der Waals surface area contributed by atoms with Gasteiger partial charge in [-0.05, 0) is 41.1 Å². The van der Waals surface area contributed by atoms with Gasteiger partial charge in [0, 0.05) is 15.5 Å². The Balaban J connectivity index is 2.23. The van der Waals surface area contributed by atoms with Gasteiger partial charge in [0.25, 0.3) is 0 Å². The van der Waals surface area contributed by atoms with E-state index < -0.39 is 0 Å². The maximum atomic E-state index is 4.71. The van der Waals surface area contributed by atoms with Gasteiger partial charge in [-0.2, -0.15) is 0 Å². The summed E-state index contributed by atoms with van der Waals surface area (Å²) in [7, 11) is 0. The molecule has 0 spiro atoms. The molecule has 0 saturated heterocycles. The highest BCUT2D eigenvalue weighted by Gasteiger charge is 2.02. The Morgan fingerprint density at radius 1 is 0.765 bits per heavy atom. The Hall–Kier alpha value is -1.93. The Morgan fingerprint density at radius 3 is 2.65 bits per heavy atom. The first kappa shape index (κ1) is 9.14. The Labute approximate surface area is 102 Å². The molecular weight excluding hydrogens is 226 g/mol. The minimum Gasteiger partial charge on any atom is -0.248 e. The quantitative estimate of drug-likeness (QED) is 0.406. The van der Waals surface area contributed by atoms with Crippen LogP contribution in [0.2, 0.25) is 0 Å². The molecule has 0 amide bonds. The predicted molar refractivity (Wildman–Crippen MR) is 74.6 cm³/mol. The third kappa shape index (κ3) is 1.34. The summed E-state index contributed by atoms with van der Waals surface area (Å²) in [4.78, 5) is 4.71. The van der Waals surface area contributed by atoms with E-state index in [1.54, 1.807) is 11.3 Å². The lowest BCUT2D eigenvalue weighted by Crippen LogP contribution is -1.81. The summed E-state index contributed by atoms with van der Waals surface area (Å²) in [6, 6.07) is 17.0. The first-order valence-electron chi connectivity index (χ1n) is 5.57. The fourth-order valence-electron chi connectivity index (χ4n) is 2.24. The van der Waals surface area contributed by atoms with E-state index in [9.17, 15) is 0 Å². The minimum absolute atomic E-state index is 1.07. The van der Waals surface area contributed by atoms with E-state index in [0.717, 1.165) is 11.0 Å². The van der Waals surface area contributed by atoms with Crippen molar-refractivity contribution in [1.29, 1.82) is 0 Å². The second-order valence-electron chi connectivity index (χ2n) is 4.18. The molecule has 17 heavy (non-hydrogen) atoms. The number of benzene rings is 2. The number of fused-ring (bicyclic) bond motifs is 3. The fraction of sp³-hybridized carbons (Fsp3) is 0. The number of thiophene rings is 1. The van der Waals surface area contributed by atoms with Crippen LogP contribution in [-0.4, -0.2) is 4.98 Å². The van der Waals surface area contributed by atoms with E-state index in [2.05, 4.69) is 47.8 Å². The fourth-order valence-corrected chi connectivity index (χ4v) is 3.04. The number of para-hydroxylation sites is 1. The molecule has 4 aromatic rings. The lowest BCUT2D eigenvalue weighted by Gasteiger charge is -2.01. The van der Waals surface area contributed by atoms with Crippen molar-refractivity contribution in [3.63, 3.8) is 0 Å². The van der Waals surface area contributed by atoms with Crippen LogP contribution < -0.4 is 0 Å². The lowest BCUT2D eigenvalue weighted by molar-refractivity contribution is 1.51. The standard InChI is InChI=1S/C15H9NS/c1-2-4-13-10(3-1)7-12-8-11-5-6-17-15(11)9-14(12)16-13/h1-9H. The highest BCUT2D eigenvalue weighted by Crippen LogP contribution is 2.27. The van der Waals surface area contributed by atoms with Crippen LogP contribution in [0, 0.1) is 0 Å². The van der Waals surface area contributed by atoms with Gasteiger partial charge < -0.3 is 0 Å². The van der Waals surface area contributed by atoms with Crippen LogP contribution in [0.25, 0.3) is 31.9 Å². The van der Waals surface area contributed by atoms with Crippen LogP contribution in [0.4, 0.5) is 0 Å². The van der Waals surface area contributed by atoms with Crippen LogP contribution in [0.3, 0.4) is 0 Å². The van der Waals surface area contributed by atoms with Crippen LogP contribution in [0.15, 0.2) is 53.9 Å². The van der Waals surface area contributed by atoms with E-state index in [4.69, 9.17) is 4.98 Å². The normalized spacial score (nSPS) is 11.5. The SMILES string of the molecule is c1ccc2nc3cc4sccc4cc3cc2c1. The second-order valence-corrected chi connectivity index (χ2v) is 5.13. The summed E-state index contributed by atoms with van der Waals surface area (Å²) in [5.74, 6) is 0. The van der Waals surface area contributed by atoms with Crippen molar-refractivity contribution in [2.24, 2.45) is 0 Å². The Kier molecular flexibility index (Phi) is 1.76. The predicted octanol–water partition coefficient (Wildman–Crippen LogP) is 4.60.